The maximum Gasteiger partial charge on any atom is 0.257 e. The number of hydrogen-bond donors (Lipinski definition) is 0. The van der Waals surface area contributed by atoms with E-state index in [1.165, 1.54) is 0 Å². The van der Waals surface area contributed by atoms with Gasteiger partial charge in [-0.05, 0) is 50.5 Å². The lowest BCUT2D eigenvalue weighted by Gasteiger charge is -2.25. The fourth-order valence-corrected chi connectivity index (χ4v) is 3.18. The van der Waals surface area contributed by atoms with Gasteiger partial charge in [-0.2, -0.15) is 0 Å². The molecule has 2 aromatic rings. The first-order valence-electron chi connectivity index (χ1n) is 7.62. The highest BCUT2D eigenvalue weighted by Crippen LogP contribution is 2.34. The van der Waals surface area contributed by atoms with Crippen molar-refractivity contribution in [2.75, 3.05) is 13.7 Å². The number of likely N-dealkylation sites (tertiary alicyclic amines) is 1. The highest BCUT2D eigenvalue weighted by atomic mass is 16.5. The number of ether oxygens (including phenoxy) is 1. The van der Waals surface area contributed by atoms with Gasteiger partial charge in [0.15, 0.2) is 0 Å². The Labute approximate surface area is 130 Å². The van der Waals surface area contributed by atoms with Crippen molar-refractivity contribution >= 4 is 5.91 Å². The number of furan rings is 1. The lowest BCUT2D eigenvalue weighted by atomic mass is 10.0. The molecule has 1 aromatic carbocycles. The molecule has 4 nitrogen and oxygen atoms in total. The van der Waals surface area contributed by atoms with Crippen LogP contribution >= 0.6 is 0 Å². The number of benzene rings is 1. The second kappa shape index (κ2) is 5.87. The van der Waals surface area contributed by atoms with Gasteiger partial charge in [0.1, 0.15) is 17.3 Å². The lowest BCUT2D eigenvalue weighted by molar-refractivity contribution is 0.0734. The zero-order valence-corrected chi connectivity index (χ0v) is 13.3. The molecule has 116 valence electrons. The van der Waals surface area contributed by atoms with E-state index < -0.39 is 0 Å². The minimum atomic E-state index is 0.0627. The van der Waals surface area contributed by atoms with Crippen LogP contribution in [0.1, 0.15) is 46.3 Å². The van der Waals surface area contributed by atoms with E-state index in [-0.39, 0.29) is 11.9 Å². The predicted octanol–water partition coefficient (Wildman–Crippen LogP) is 3.88. The highest BCUT2D eigenvalue weighted by molar-refractivity contribution is 5.95. The molecule has 3 rings (SSSR count). The molecule has 1 amide bonds. The van der Waals surface area contributed by atoms with Gasteiger partial charge in [0, 0.05) is 6.54 Å². The fourth-order valence-electron chi connectivity index (χ4n) is 3.18. The first-order valence-corrected chi connectivity index (χ1v) is 7.62. The summed E-state index contributed by atoms with van der Waals surface area (Å²) in [5.41, 5.74) is 1.84. The van der Waals surface area contributed by atoms with E-state index in [1.807, 2.05) is 49.1 Å². The summed E-state index contributed by atoms with van der Waals surface area (Å²) in [6, 6.07) is 9.95. The summed E-state index contributed by atoms with van der Waals surface area (Å²) >= 11 is 0. The second-order valence-corrected chi connectivity index (χ2v) is 5.76. The first kappa shape index (κ1) is 14.7. The Kier molecular flexibility index (Phi) is 3.92. The van der Waals surface area contributed by atoms with Crippen LogP contribution < -0.4 is 4.74 Å². The Bertz CT molecular complexity index is 672. The number of methoxy groups -OCH3 is 1. The largest absolute Gasteiger partial charge is 0.497 e. The number of amides is 1. The summed E-state index contributed by atoms with van der Waals surface area (Å²) in [6.45, 7) is 4.51. The Balaban J connectivity index is 1.86. The molecule has 0 radical (unpaired) electrons. The SMILES string of the molecule is COc1ccc([C@@H]2CCCN2C(=O)c2cc(C)oc2C)cc1. The molecular weight excluding hydrogens is 278 g/mol. The van der Waals surface area contributed by atoms with Gasteiger partial charge in [0.2, 0.25) is 0 Å². The molecule has 0 aliphatic carbocycles. The van der Waals surface area contributed by atoms with Crippen LogP contribution in [0.15, 0.2) is 34.7 Å². The molecule has 0 N–H and O–H groups in total. The molecule has 1 atom stereocenters. The minimum absolute atomic E-state index is 0.0627. The number of carbonyl (C=O) groups excluding carboxylic acids is 1. The molecule has 1 aliphatic heterocycles. The van der Waals surface area contributed by atoms with Crippen LogP contribution in [0.2, 0.25) is 0 Å². The first-order chi connectivity index (χ1) is 10.6. The Morgan fingerprint density at radius 2 is 2.00 bits per heavy atom. The van der Waals surface area contributed by atoms with Gasteiger partial charge in [-0.3, -0.25) is 4.79 Å². The van der Waals surface area contributed by atoms with Crippen LogP contribution in [-0.2, 0) is 0 Å². The summed E-state index contributed by atoms with van der Waals surface area (Å²) in [4.78, 5) is 14.8. The lowest BCUT2D eigenvalue weighted by Crippen LogP contribution is -2.30. The molecule has 0 bridgehead atoms. The maximum atomic E-state index is 12.8. The van der Waals surface area contributed by atoms with Gasteiger partial charge in [-0.1, -0.05) is 12.1 Å². The predicted molar refractivity (Wildman–Crippen MR) is 84.2 cm³/mol. The molecule has 0 saturated carbocycles. The maximum absolute atomic E-state index is 12.8. The molecule has 22 heavy (non-hydrogen) atoms. The summed E-state index contributed by atoms with van der Waals surface area (Å²) in [5, 5.41) is 0. The average molecular weight is 299 g/mol. The molecule has 1 aromatic heterocycles. The van der Waals surface area contributed by atoms with Crippen molar-refractivity contribution in [3.8, 4) is 5.75 Å². The van der Waals surface area contributed by atoms with Gasteiger partial charge in [0.25, 0.3) is 5.91 Å². The fraction of sp³-hybridized carbons (Fsp3) is 0.389. The van der Waals surface area contributed by atoms with Gasteiger partial charge < -0.3 is 14.1 Å². The third kappa shape index (κ3) is 2.61. The summed E-state index contributed by atoms with van der Waals surface area (Å²) in [6.07, 6.45) is 2.02. The van der Waals surface area contributed by atoms with Gasteiger partial charge in [-0.15, -0.1) is 0 Å². The van der Waals surface area contributed by atoms with Crippen molar-refractivity contribution in [2.45, 2.75) is 32.7 Å². The molecule has 1 saturated heterocycles. The molecule has 2 heterocycles. The number of nitrogens with zero attached hydrogens (tertiary/aromatic N) is 1. The third-order valence-corrected chi connectivity index (χ3v) is 4.29. The van der Waals surface area contributed by atoms with E-state index in [0.717, 1.165) is 36.5 Å². The molecule has 1 fully saturated rings. The monoisotopic (exact) mass is 299 g/mol. The van der Waals surface area contributed by atoms with Crippen LogP contribution in [0.3, 0.4) is 0 Å². The van der Waals surface area contributed by atoms with Gasteiger partial charge in [0.05, 0.1) is 18.7 Å². The normalized spacial score (nSPS) is 17.8. The minimum Gasteiger partial charge on any atom is -0.497 e. The van der Waals surface area contributed by atoms with Crippen molar-refractivity contribution < 1.29 is 13.9 Å². The zero-order chi connectivity index (χ0) is 15.7. The van der Waals surface area contributed by atoms with Crippen LogP contribution in [0, 0.1) is 13.8 Å². The average Bonchev–Trinajstić information content (AvgIpc) is 3.13. The number of carbonyl (C=O) groups is 1. The van der Waals surface area contributed by atoms with Crippen LogP contribution in [0.4, 0.5) is 0 Å². The summed E-state index contributed by atoms with van der Waals surface area (Å²) in [7, 11) is 1.66. The van der Waals surface area contributed by atoms with Crippen molar-refractivity contribution in [2.24, 2.45) is 0 Å². The summed E-state index contributed by atoms with van der Waals surface area (Å²) < 4.78 is 10.7. The van der Waals surface area contributed by atoms with Gasteiger partial charge in [-0.25, -0.2) is 0 Å². The zero-order valence-electron chi connectivity index (χ0n) is 13.3. The number of aryl methyl sites for hydroxylation is 2. The van der Waals surface area contributed by atoms with Crippen molar-refractivity contribution in [1.82, 2.24) is 4.90 Å². The van der Waals surface area contributed by atoms with Crippen LogP contribution in [0.5, 0.6) is 5.75 Å². The van der Waals surface area contributed by atoms with Crippen molar-refractivity contribution in [3.05, 3.63) is 53.0 Å². The Morgan fingerprint density at radius 1 is 1.27 bits per heavy atom. The Morgan fingerprint density at radius 3 is 2.59 bits per heavy atom. The molecular formula is C18H21NO3. The van der Waals surface area contributed by atoms with Gasteiger partial charge >= 0.3 is 0 Å². The molecule has 1 aliphatic rings. The second-order valence-electron chi connectivity index (χ2n) is 5.76. The topological polar surface area (TPSA) is 42.7 Å². The quantitative estimate of drug-likeness (QED) is 0.863. The van der Waals surface area contributed by atoms with E-state index in [9.17, 15) is 4.79 Å². The van der Waals surface area contributed by atoms with E-state index in [2.05, 4.69) is 0 Å². The number of rotatable bonds is 3. The van der Waals surface area contributed by atoms with Crippen molar-refractivity contribution in [1.29, 1.82) is 0 Å². The molecule has 0 unspecified atom stereocenters. The summed E-state index contributed by atoms with van der Waals surface area (Å²) in [5.74, 6) is 2.37. The number of hydrogen-bond acceptors (Lipinski definition) is 3. The van der Waals surface area contributed by atoms with Crippen LogP contribution in [0.25, 0.3) is 0 Å². The van der Waals surface area contributed by atoms with E-state index in [4.69, 9.17) is 9.15 Å². The van der Waals surface area contributed by atoms with Crippen LogP contribution in [-0.4, -0.2) is 24.5 Å². The molecule has 4 heteroatoms. The van der Waals surface area contributed by atoms with Crippen molar-refractivity contribution in [3.63, 3.8) is 0 Å². The van der Waals surface area contributed by atoms with E-state index in [1.54, 1.807) is 7.11 Å². The third-order valence-electron chi connectivity index (χ3n) is 4.29. The van der Waals surface area contributed by atoms with E-state index in [0.29, 0.717) is 11.3 Å². The highest BCUT2D eigenvalue weighted by Gasteiger charge is 2.32. The van der Waals surface area contributed by atoms with E-state index >= 15 is 0 Å². The molecule has 0 spiro atoms. The Hall–Kier alpha value is -2.23. The smallest absolute Gasteiger partial charge is 0.257 e. The standard InChI is InChI=1S/C18H21NO3/c1-12-11-16(13(2)22-12)18(20)19-10-4-5-17(19)14-6-8-15(21-3)9-7-14/h6-9,11,17H,4-5,10H2,1-3H3/t17-/m0/s1.